The maximum Gasteiger partial charge on any atom is 0.0843 e. The van der Waals surface area contributed by atoms with Crippen LogP contribution < -0.4 is 0 Å². The summed E-state index contributed by atoms with van der Waals surface area (Å²) in [6, 6.07) is 0. The quantitative estimate of drug-likeness (QED) is 0.857. The van der Waals surface area contributed by atoms with E-state index in [1.807, 2.05) is 29.4 Å². The molecule has 0 saturated heterocycles. The zero-order chi connectivity index (χ0) is 10.8. The molecule has 4 nitrogen and oxygen atoms in total. The van der Waals surface area contributed by atoms with Crippen LogP contribution in [0.3, 0.4) is 0 Å². The number of hydrogen-bond acceptors (Lipinski definition) is 4. The Labute approximate surface area is 92.2 Å². The van der Waals surface area contributed by atoms with Crippen molar-refractivity contribution in [2.24, 2.45) is 0 Å². The molecule has 2 rings (SSSR count). The maximum absolute atomic E-state index is 9.17. The van der Waals surface area contributed by atoms with Crippen molar-refractivity contribution < 1.29 is 5.11 Å². The topological polar surface area (TPSA) is 50.9 Å². The predicted molar refractivity (Wildman–Crippen MR) is 58.8 cm³/mol. The summed E-state index contributed by atoms with van der Waals surface area (Å²) in [5.41, 5.74) is 5.65. The molecule has 2 aromatic heterocycles. The molecule has 2 aromatic rings. The summed E-state index contributed by atoms with van der Waals surface area (Å²) in [6.45, 7) is 4.61. The van der Waals surface area contributed by atoms with E-state index in [0.717, 1.165) is 22.6 Å². The molecule has 0 amide bonds. The van der Waals surface area contributed by atoms with Gasteiger partial charge in [0.1, 0.15) is 0 Å². The van der Waals surface area contributed by atoms with Gasteiger partial charge in [-0.15, -0.1) is 11.3 Å². The number of aromatic nitrogens is 3. The number of nitrogens with zero attached hydrogens (tertiary/aromatic N) is 3. The number of rotatable bonds is 3. The standard InChI is InChI=1S/C10H13N3OS/c1-7-10(4-14)8(2)13(12-7)3-9-5-15-6-11-9/h5-6,14H,3-4H2,1-2H3. The highest BCUT2D eigenvalue weighted by molar-refractivity contribution is 7.07. The summed E-state index contributed by atoms with van der Waals surface area (Å²) in [7, 11) is 0. The lowest BCUT2D eigenvalue weighted by atomic mass is 10.2. The van der Waals surface area contributed by atoms with Gasteiger partial charge in [-0.2, -0.15) is 5.10 Å². The molecule has 0 radical (unpaired) electrons. The van der Waals surface area contributed by atoms with Crippen molar-refractivity contribution in [1.29, 1.82) is 0 Å². The molecular formula is C10H13N3OS. The number of aliphatic hydroxyl groups excluding tert-OH is 1. The Balaban J connectivity index is 2.29. The number of aliphatic hydroxyl groups is 1. The highest BCUT2D eigenvalue weighted by Crippen LogP contribution is 2.14. The van der Waals surface area contributed by atoms with Gasteiger partial charge >= 0.3 is 0 Å². The fourth-order valence-electron chi connectivity index (χ4n) is 1.59. The lowest BCUT2D eigenvalue weighted by Crippen LogP contribution is -2.04. The van der Waals surface area contributed by atoms with E-state index >= 15 is 0 Å². The molecule has 0 fully saturated rings. The third-order valence-corrected chi connectivity index (χ3v) is 3.12. The Morgan fingerprint density at radius 1 is 1.47 bits per heavy atom. The van der Waals surface area contributed by atoms with Crippen LogP contribution in [0.1, 0.15) is 22.6 Å². The van der Waals surface area contributed by atoms with Crippen LogP contribution in [0.2, 0.25) is 0 Å². The Morgan fingerprint density at radius 2 is 2.27 bits per heavy atom. The molecule has 0 atom stereocenters. The van der Waals surface area contributed by atoms with E-state index in [4.69, 9.17) is 0 Å². The van der Waals surface area contributed by atoms with Gasteiger partial charge in [-0.25, -0.2) is 4.98 Å². The van der Waals surface area contributed by atoms with Crippen molar-refractivity contribution in [3.63, 3.8) is 0 Å². The smallest absolute Gasteiger partial charge is 0.0843 e. The van der Waals surface area contributed by atoms with Crippen LogP contribution in [0, 0.1) is 13.8 Å². The van der Waals surface area contributed by atoms with Crippen LogP contribution in [-0.4, -0.2) is 19.9 Å². The highest BCUT2D eigenvalue weighted by atomic mass is 32.1. The van der Waals surface area contributed by atoms with Crippen molar-refractivity contribution in [3.05, 3.63) is 33.5 Å². The summed E-state index contributed by atoms with van der Waals surface area (Å²) in [6.07, 6.45) is 0. The maximum atomic E-state index is 9.17. The first-order valence-electron chi connectivity index (χ1n) is 4.73. The fourth-order valence-corrected chi connectivity index (χ4v) is 2.14. The summed E-state index contributed by atoms with van der Waals surface area (Å²) >= 11 is 1.58. The number of thiazole rings is 1. The van der Waals surface area contributed by atoms with Gasteiger partial charge in [0.25, 0.3) is 0 Å². The molecule has 0 bridgehead atoms. The summed E-state index contributed by atoms with van der Waals surface area (Å²) in [5.74, 6) is 0. The highest BCUT2D eigenvalue weighted by Gasteiger charge is 2.10. The monoisotopic (exact) mass is 223 g/mol. The predicted octanol–water partition coefficient (Wildman–Crippen LogP) is 1.50. The molecule has 2 heterocycles. The Kier molecular flexibility index (Phi) is 2.83. The molecule has 0 aliphatic heterocycles. The van der Waals surface area contributed by atoms with Gasteiger partial charge in [0, 0.05) is 16.6 Å². The van der Waals surface area contributed by atoms with E-state index in [2.05, 4.69) is 10.1 Å². The van der Waals surface area contributed by atoms with Crippen LogP contribution >= 0.6 is 11.3 Å². The van der Waals surface area contributed by atoms with E-state index in [1.165, 1.54) is 0 Å². The van der Waals surface area contributed by atoms with E-state index in [-0.39, 0.29) is 6.61 Å². The van der Waals surface area contributed by atoms with E-state index < -0.39 is 0 Å². The molecule has 5 heteroatoms. The molecule has 0 aliphatic rings. The van der Waals surface area contributed by atoms with Gasteiger partial charge in [-0.05, 0) is 13.8 Å². The van der Waals surface area contributed by atoms with Crippen molar-refractivity contribution >= 4 is 11.3 Å². The van der Waals surface area contributed by atoms with Crippen molar-refractivity contribution in [2.45, 2.75) is 27.0 Å². The van der Waals surface area contributed by atoms with Crippen LogP contribution in [0.4, 0.5) is 0 Å². The molecule has 80 valence electrons. The molecule has 0 spiro atoms. The van der Waals surface area contributed by atoms with Crippen LogP contribution in [0.15, 0.2) is 10.9 Å². The average molecular weight is 223 g/mol. The average Bonchev–Trinajstić information content (AvgIpc) is 2.78. The van der Waals surface area contributed by atoms with Crippen LogP contribution in [0.25, 0.3) is 0 Å². The van der Waals surface area contributed by atoms with E-state index in [0.29, 0.717) is 6.54 Å². The summed E-state index contributed by atoms with van der Waals surface area (Å²) < 4.78 is 1.88. The molecule has 0 aliphatic carbocycles. The third-order valence-electron chi connectivity index (χ3n) is 2.48. The first-order chi connectivity index (χ1) is 7.22. The second-order valence-electron chi connectivity index (χ2n) is 3.44. The zero-order valence-corrected chi connectivity index (χ0v) is 9.58. The lowest BCUT2D eigenvalue weighted by Gasteiger charge is -2.01. The first-order valence-corrected chi connectivity index (χ1v) is 5.67. The van der Waals surface area contributed by atoms with Gasteiger partial charge in [0.05, 0.1) is 30.1 Å². The van der Waals surface area contributed by atoms with Gasteiger partial charge in [0.15, 0.2) is 0 Å². The molecular weight excluding hydrogens is 210 g/mol. The van der Waals surface area contributed by atoms with Gasteiger partial charge in [-0.3, -0.25) is 4.68 Å². The second-order valence-corrected chi connectivity index (χ2v) is 4.16. The minimum absolute atomic E-state index is 0.0503. The fraction of sp³-hybridized carbons (Fsp3) is 0.400. The Morgan fingerprint density at radius 3 is 2.80 bits per heavy atom. The molecule has 1 N–H and O–H groups in total. The normalized spacial score (nSPS) is 10.9. The zero-order valence-electron chi connectivity index (χ0n) is 8.77. The number of hydrogen-bond donors (Lipinski definition) is 1. The minimum Gasteiger partial charge on any atom is -0.392 e. The van der Waals surface area contributed by atoms with E-state index in [9.17, 15) is 5.11 Å². The second kappa shape index (κ2) is 4.12. The first kappa shape index (κ1) is 10.3. The van der Waals surface area contributed by atoms with Crippen molar-refractivity contribution in [3.8, 4) is 0 Å². The Bertz CT molecular complexity index is 447. The van der Waals surface area contributed by atoms with Gasteiger partial charge in [-0.1, -0.05) is 0 Å². The van der Waals surface area contributed by atoms with Crippen LogP contribution in [-0.2, 0) is 13.2 Å². The van der Waals surface area contributed by atoms with Crippen molar-refractivity contribution in [1.82, 2.24) is 14.8 Å². The van der Waals surface area contributed by atoms with Crippen molar-refractivity contribution in [2.75, 3.05) is 0 Å². The Hall–Kier alpha value is -1.20. The number of aryl methyl sites for hydroxylation is 1. The van der Waals surface area contributed by atoms with Gasteiger partial charge in [0.2, 0.25) is 0 Å². The SMILES string of the molecule is Cc1nn(Cc2cscn2)c(C)c1CO. The molecule has 0 aromatic carbocycles. The largest absolute Gasteiger partial charge is 0.392 e. The van der Waals surface area contributed by atoms with Crippen LogP contribution in [0.5, 0.6) is 0 Å². The summed E-state index contributed by atoms with van der Waals surface area (Å²) in [5, 5.41) is 15.6. The molecule has 0 unspecified atom stereocenters. The summed E-state index contributed by atoms with van der Waals surface area (Å²) in [4.78, 5) is 4.21. The van der Waals surface area contributed by atoms with E-state index in [1.54, 1.807) is 11.3 Å². The minimum atomic E-state index is 0.0503. The molecule has 0 saturated carbocycles. The van der Waals surface area contributed by atoms with Gasteiger partial charge < -0.3 is 5.11 Å². The molecule has 15 heavy (non-hydrogen) atoms. The lowest BCUT2D eigenvalue weighted by molar-refractivity contribution is 0.280. The third kappa shape index (κ3) is 1.93.